The van der Waals surface area contributed by atoms with E-state index in [9.17, 15) is 10.1 Å². The fourth-order valence-electron chi connectivity index (χ4n) is 1.04. The average Bonchev–Trinajstić information content (AvgIpc) is 2.17. The number of aliphatic hydroxyl groups excluding tert-OH is 1. The van der Waals surface area contributed by atoms with Gasteiger partial charge in [0.05, 0.1) is 17.5 Å². The molecule has 0 saturated carbocycles. The van der Waals surface area contributed by atoms with Crippen molar-refractivity contribution < 1.29 is 10.0 Å². The van der Waals surface area contributed by atoms with Crippen LogP contribution in [0.1, 0.15) is 0 Å². The highest BCUT2D eigenvalue weighted by Crippen LogP contribution is 2.09. The molecule has 0 aromatic carbocycles. The third-order valence-electron chi connectivity index (χ3n) is 1.63. The monoisotopic (exact) mass is 206 g/mol. The molecular formula is C10H10N2O3. The van der Waals surface area contributed by atoms with E-state index in [0.29, 0.717) is 12.1 Å². The lowest BCUT2D eigenvalue weighted by atomic mass is 10.1. The number of allylic oxidation sites excluding steroid dienone is 3. The van der Waals surface area contributed by atoms with Crippen LogP contribution in [0.25, 0.3) is 0 Å². The molecule has 1 heterocycles. The molecule has 1 aliphatic rings. The second-order valence-electron chi connectivity index (χ2n) is 2.89. The van der Waals surface area contributed by atoms with Crippen molar-refractivity contribution in [2.75, 3.05) is 6.54 Å². The van der Waals surface area contributed by atoms with Crippen molar-refractivity contribution >= 4 is 6.21 Å². The Kier molecular flexibility index (Phi) is 3.56. The second-order valence-corrected chi connectivity index (χ2v) is 2.89. The van der Waals surface area contributed by atoms with Crippen molar-refractivity contribution in [2.24, 2.45) is 4.99 Å². The maximum absolute atomic E-state index is 10.6. The first-order valence-corrected chi connectivity index (χ1v) is 4.20. The first-order chi connectivity index (χ1) is 7.09. The van der Waals surface area contributed by atoms with E-state index in [0.717, 1.165) is 6.08 Å². The number of nitro groups is 1. The van der Waals surface area contributed by atoms with Crippen LogP contribution in [0.4, 0.5) is 0 Å². The van der Waals surface area contributed by atoms with Crippen LogP contribution >= 0.6 is 0 Å². The molecule has 0 unspecified atom stereocenters. The molecule has 0 atom stereocenters. The summed E-state index contributed by atoms with van der Waals surface area (Å²) in [5.41, 5.74) is 0.501. The van der Waals surface area contributed by atoms with Crippen molar-refractivity contribution in [2.45, 2.75) is 0 Å². The Bertz CT molecular complexity index is 403. The van der Waals surface area contributed by atoms with Gasteiger partial charge in [-0.1, -0.05) is 12.7 Å². The largest absolute Gasteiger partial charge is 0.508 e. The molecule has 0 fully saturated rings. The Balaban J connectivity index is 2.93. The summed E-state index contributed by atoms with van der Waals surface area (Å²) < 4.78 is 0. The summed E-state index contributed by atoms with van der Waals surface area (Å²) in [6, 6.07) is 0. The number of hydrogen-bond donors (Lipinski definition) is 1. The zero-order valence-corrected chi connectivity index (χ0v) is 7.96. The highest BCUT2D eigenvalue weighted by Gasteiger charge is 2.09. The fraction of sp³-hybridized carbons (Fsp3) is 0.100. The smallest absolute Gasteiger partial charge is 0.273 e. The summed E-state index contributed by atoms with van der Waals surface area (Å²) in [5, 5.41) is 19.4. The maximum Gasteiger partial charge on any atom is 0.273 e. The lowest BCUT2D eigenvalue weighted by molar-refractivity contribution is -0.419. The minimum atomic E-state index is -0.583. The highest BCUT2D eigenvalue weighted by atomic mass is 16.6. The van der Waals surface area contributed by atoms with Gasteiger partial charge in [0.15, 0.2) is 0 Å². The van der Waals surface area contributed by atoms with Gasteiger partial charge in [0.1, 0.15) is 5.76 Å². The minimum absolute atomic E-state index is 0.209. The summed E-state index contributed by atoms with van der Waals surface area (Å²) in [5.74, 6) is -0.346. The molecule has 1 aliphatic heterocycles. The SMILES string of the molecule is C=C(O)/C=C(\C=C1\C=CC=NC1)[N+](=O)[O-]. The summed E-state index contributed by atoms with van der Waals surface area (Å²) >= 11 is 0. The van der Waals surface area contributed by atoms with Crippen LogP contribution in [0, 0.1) is 10.1 Å². The molecule has 78 valence electrons. The summed E-state index contributed by atoms with van der Waals surface area (Å²) in [6.07, 6.45) is 7.40. The maximum atomic E-state index is 10.6. The molecule has 5 heteroatoms. The van der Waals surface area contributed by atoms with Gasteiger partial charge in [-0.2, -0.15) is 0 Å². The van der Waals surface area contributed by atoms with E-state index < -0.39 is 4.92 Å². The number of aliphatic imine (C=N–C) groups is 1. The molecular weight excluding hydrogens is 196 g/mol. The van der Waals surface area contributed by atoms with Crippen LogP contribution in [0.5, 0.6) is 0 Å². The van der Waals surface area contributed by atoms with E-state index >= 15 is 0 Å². The van der Waals surface area contributed by atoms with Crippen LogP contribution in [0.15, 0.2) is 52.9 Å². The Hall–Kier alpha value is -2.17. The summed E-state index contributed by atoms with van der Waals surface area (Å²) in [6.45, 7) is 3.57. The first kappa shape index (κ1) is 10.9. The number of hydrogen-bond acceptors (Lipinski definition) is 4. The van der Waals surface area contributed by atoms with Crippen molar-refractivity contribution in [3.8, 4) is 0 Å². The lowest BCUT2D eigenvalue weighted by Gasteiger charge is -2.00. The second kappa shape index (κ2) is 4.90. The van der Waals surface area contributed by atoms with Crippen molar-refractivity contribution in [3.05, 3.63) is 58.0 Å². The Morgan fingerprint density at radius 3 is 2.93 bits per heavy atom. The zero-order chi connectivity index (χ0) is 11.3. The third kappa shape index (κ3) is 3.60. The van der Waals surface area contributed by atoms with Crippen molar-refractivity contribution in [1.29, 1.82) is 0 Å². The fourth-order valence-corrected chi connectivity index (χ4v) is 1.04. The minimum Gasteiger partial charge on any atom is -0.508 e. The van der Waals surface area contributed by atoms with Crippen LogP contribution in [0.2, 0.25) is 0 Å². The number of aliphatic hydroxyl groups is 1. The Labute approximate surface area is 86.6 Å². The highest BCUT2D eigenvalue weighted by molar-refractivity contribution is 5.73. The van der Waals surface area contributed by atoms with Crippen LogP contribution in [-0.4, -0.2) is 22.8 Å². The molecule has 0 aromatic rings. The molecule has 15 heavy (non-hydrogen) atoms. The topological polar surface area (TPSA) is 75.7 Å². The quantitative estimate of drug-likeness (QED) is 0.331. The van der Waals surface area contributed by atoms with Crippen LogP contribution < -0.4 is 0 Å². The van der Waals surface area contributed by atoms with Gasteiger partial charge in [0, 0.05) is 12.3 Å². The number of dihydropyridines is 1. The predicted molar refractivity (Wildman–Crippen MR) is 57.4 cm³/mol. The molecule has 0 radical (unpaired) electrons. The molecule has 0 saturated heterocycles. The van der Waals surface area contributed by atoms with Crippen molar-refractivity contribution in [3.63, 3.8) is 0 Å². The first-order valence-electron chi connectivity index (χ1n) is 4.20. The van der Waals surface area contributed by atoms with E-state index in [1.54, 1.807) is 18.4 Å². The number of rotatable bonds is 3. The zero-order valence-electron chi connectivity index (χ0n) is 7.96. The van der Waals surface area contributed by atoms with Gasteiger partial charge < -0.3 is 5.11 Å². The van der Waals surface area contributed by atoms with E-state index in [2.05, 4.69) is 11.6 Å². The standard InChI is InChI=1S/C10H10N2O3/c1-8(13)5-10(12(14)15)6-9-3-2-4-11-7-9/h2-6,13H,1,7H2/b9-6-,10-5+. The molecule has 0 aromatic heterocycles. The van der Waals surface area contributed by atoms with E-state index in [4.69, 9.17) is 5.11 Å². The van der Waals surface area contributed by atoms with Gasteiger partial charge in [-0.05, 0) is 11.6 Å². The van der Waals surface area contributed by atoms with E-state index in [1.165, 1.54) is 6.08 Å². The van der Waals surface area contributed by atoms with Gasteiger partial charge in [0.2, 0.25) is 0 Å². The molecule has 1 N–H and O–H groups in total. The molecule has 5 nitrogen and oxygen atoms in total. The average molecular weight is 206 g/mol. The molecule has 0 bridgehead atoms. The Morgan fingerprint density at radius 2 is 2.47 bits per heavy atom. The van der Waals surface area contributed by atoms with Gasteiger partial charge in [-0.25, -0.2) is 0 Å². The summed E-state index contributed by atoms with van der Waals surface area (Å²) in [4.78, 5) is 13.9. The predicted octanol–water partition coefficient (Wildman–Crippen LogP) is 1.79. The third-order valence-corrected chi connectivity index (χ3v) is 1.63. The van der Waals surface area contributed by atoms with Crippen LogP contribution in [0.3, 0.4) is 0 Å². The lowest BCUT2D eigenvalue weighted by Crippen LogP contribution is -1.99. The van der Waals surface area contributed by atoms with Gasteiger partial charge in [-0.3, -0.25) is 15.1 Å². The van der Waals surface area contributed by atoms with E-state index in [1.807, 2.05) is 0 Å². The molecule has 0 spiro atoms. The Morgan fingerprint density at radius 1 is 1.73 bits per heavy atom. The summed E-state index contributed by atoms with van der Waals surface area (Å²) in [7, 11) is 0. The normalized spacial score (nSPS) is 18.1. The molecule has 1 rings (SSSR count). The molecule has 0 amide bonds. The van der Waals surface area contributed by atoms with E-state index in [-0.39, 0.29) is 11.5 Å². The van der Waals surface area contributed by atoms with Gasteiger partial charge in [-0.15, -0.1) is 0 Å². The van der Waals surface area contributed by atoms with Crippen LogP contribution in [-0.2, 0) is 0 Å². The number of nitrogens with zero attached hydrogens (tertiary/aromatic N) is 2. The van der Waals surface area contributed by atoms with Gasteiger partial charge in [0.25, 0.3) is 5.70 Å². The van der Waals surface area contributed by atoms with Gasteiger partial charge >= 0.3 is 0 Å². The molecule has 0 aliphatic carbocycles. The van der Waals surface area contributed by atoms with Crippen molar-refractivity contribution in [1.82, 2.24) is 0 Å².